The molecule has 0 bridgehead atoms. The maximum Gasteiger partial charge on any atom is 0.416 e. The Morgan fingerprint density at radius 1 is 0.788 bits per heavy atom. The van der Waals surface area contributed by atoms with Gasteiger partial charge in [-0.1, -0.05) is 6.07 Å². The highest BCUT2D eigenvalue weighted by atomic mass is 19.4. The van der Waals surface area contributed by atoms with E-state index in [0.717, 1.165) is 56.6 Å². The number of nitrogens with zero attached hydrogens (tertiary/aromatic N) is 2. The summed E-state index contributed by atoms with van der Waals surface area (Å²) in [6.07, 6.45) is 0.752. The third-order valence-electron chi connectivity index (χ3n) is 6.02. The van der Waals surface area contributed by atoms with Gasteiger partial charge in [-0.3, -0.25) is 4.79 Å². The fourth-order valence-corrected chi connectivity index (χ4v) is 4.35. The van der Waals surface area contributed by atoms with Gasteiger partial charge in [-0.25, -0.2) is 4.79 Å². The summed E-state index contributed by atoms with van der Waals surface area (Å²) in [6.45, 7) is 3.18. The molecule has 4 rings (SSSR count). The summed E-state index contributed by atoms with van der Waals surface area (Å²) in [7, 11) is 0. The van der Waals surface area contributed by atoms with E-state index < -0.39 is 17.8 Å². The quantitative estimate of drug-likeness (QED) is 0.627. The van der Waals surface area contributed by atoms with E-state index in [1.165, 1.54) is 18.6 Å². The van der Waals surface area contributed by atoms with Gasteiger partial charge in [-0.15, -0.1) is 0 Å². The van der Waals surface area contributed by atoms with Crippen molar-refractivity contribution in [3.63, 3.8) is 0 Å². The number of nitrogens with one attached hydrogen (secondary N) is 2. The highest BCUT2D eigenvalue weighted by Gasteiger charge is 2.30. The molecule has 2 aromatic carbocycles. The van der Waals surface area contributed by atoms with Crippen LogP contribution in [0.4, 0.5) is 35.0 Å². The van der Waals surface area contributed by atoms with Crippen molar-refractivity contribution >= 4 is 29.0 Å². The summed E-state index contributed by atoms with van der Waals surface area (Å²) >= 11 is 0. The average molecular weight is 461 g/mol. The summed E-state index contributed by atoms with van der Waals surface area (Å²) in [5.74, 6) is -0.0602. The molecule has 2 saturated heterocycles. The van der Waals surface area contributed by atoms with Gasteiger partial charge in [0.25, 0.3) is 5.91 Å². The summed E-state index contributed by atoms with van der Waals surface area (Å²) in [6, 6.07) is 8.98. The molecule has 2 aromatic rings. The van der Waals surface area contributed by atoms with Gasteiger partial charge in [0.05, 0.1) is 11.1 Å². The Morgan fingerprint density at radius 2 is 1.42 bits per heavy atom. The van der Waals surface area contributed by atoms with Crippen molar-refractivity contribution in [3.8, 4) is 0 Å². The molecule has 0 atom stereocenters. The number of anilines is 3. The number of piperidine rings is 1. The third kappa shape index (κ3) is 5.58. The van der Waals surface area contributed by atoms with Crippen LogP contribution in [0.2, 0.25) is 0 Å². The van der Waals surface area contributed by atoms with Crippen LogP contribution in [0, 0.1) is 0 Å². The molecule has 0 aliphatic carbocycles. The van der Waals surface area contributed by atoms with E-state index in [2.05, 4.69) is 15.5 Å². The minimum Gasteiger partial charge on any atom is -0.371 e. The third-order valence-corrected chi connectivity index (χ3v) is 6.02. The predicted molar refractivity (Wildman–Crippen MR) is 122 cm³/mol. The van der Waals surface area contributed by atoms with Crippen molar-refractivity contribution in [1.82, 2.24) is 4.90 Å². The number of alkyl halides is 3. The van der Waals surface area contributed by atoms with Crippen LogP contribution in [0.25, 0.3) is 0 Å². The Labute approximate surface area is 190 Å². The van der Waals surface area contributed by atoms with E-state index in [1.54, 1.807) is 12.1 Å². The van der Waals surface area contributed by atoms with Gasteiger partial charge in [0.15, 0.2) is 0 Å². The van der Waals surface area contributed by atoms with E-state index in [4.69, 9.17) is 0 Å². The standard InChI is InChI=1S/C24H27F3N4O2/c25-24(26,27)17-7-6-8-18(15-17)28-23(33)29-19-9-10-21(30-11-2-1-3-12-30)20(16-19)22(32)31-13-4-5-14-31/h6-10,15-16H,1-5,11-14H2,(H2,28,29,33). The first-order valence-corrected chi connectivity index (χ1v) is 11.2. The molecule has 0 unspecified atom stereocenters. The lowest BCUT2D eigenvalue weighted by Crippen LogP contribution is -2.34. The topological polar surface area (TPSA) is 64.7 Å². The number of urea groups is 1. The van der Waals surface area contributed by atoms with Gasteiger partial charge < -0.3 is 20.4 Å². The van der Waals surface area contributed by atoms with Crippen LogP contribution in [-0.4, -0.2) is 43.0 Å². The summed E-state index contributed by atoms with van der Waals surface area (Å²) < 4.78 is 38.8. The molecule has 0 saturated carbocycles. The normalized spacial score (nSPS) is 16.6. The van der Waals surface area contributed by atoms with Crippen LogP contribution in [0.1, 0.15) is 48.0 Å². The maximum atomic E-state index is 13.2. The highest BCUT2D eigenvalue weighted by Crippen LogP contribution is 2.31. The van der Waals surface area contributed by atoms with Crippen molar-refractivity contribution < 1.29 is 22.8 Å². The van der Waals surface area contributed by atoms with Crippen LogP contribution >= 0.6 is 0 Å². The molecule has 2 aliphatic heterocycles. The zero-order valence-electron chi connectivity index (χ0n) is 18.3. The smallest absolute Gasteiger partial charge is 0.371 e. The predicted octanol–water partition coefficient (Wildman–Crippen LogP) is 5.58. The lowest BCUT2D eigenvalue weighted by Gasteiger charge is -2.31. The van der Waals surface area contributed by atoms with Crippen LogP contribution in [-0.2, 0) is 6.18 Å². The fourth-order valence-electron chi connectivity index (χ4n) is 4.35. The molecule has 0 aromatic heterocycles. The molecular weight excluding hydrogens is 433 g/mol. The number of halogens is 3. The lowest BCUT2D eigenvalue weighted by molar-refractivity contribution is -0.137. The van der Waals surface area contributed by atoms with Crippen LogP contribution < -0.4 is 15.5 Å². The van der Waals surface area contributed by atoms with E-state index in [0.29, 0.717) is 24.3 Å². The van der Waals surface area contributed by atoms with Crippen LogP contribution in [0.15, 0.2) is 42.5 Å². The van der Waals surface area contributed by atoms with Crippen LogP contribution in [0.5, 0.6) is 0 Å². The number of rotatable bonds is 4. The molecule has 9 heteroatoms. The second-order valence-electron chi connectivity index (χ2n) is 8.44. The number of carbonyl (C=O) groups is 2. The Hall–Kier alpha value is -3.23. The molecule has 2 fully saturated rings. The van der Waals surface area contributed by atoms with Gasteiger partial charge in [-0.2, -0.15) is 13.2 Å². The number of amides is 3. The number of likely N-dealkylation sites (tertiary alicyclic amines) is 1. The number of hydrogen-bond donors (Lipinski definition) is 2. The first-order valence-electron chi connectivity index (χ1n) is 11.2. The largest absolute Gasteiger partial charge is 0.416 e. The molecule has 2 N–H and O–H groups in total. The van der Waals surface area contributed by atoms with Crippen LogP contribution in [0.3, 0.4) is 0 Å². The van der Waals surface area contributed by atoms with E-state index in [9.17, 15) is 22.8 Å². The Morgan fingerprint density at radius 3 is 2.09 bits per heavy atom. The number of carbonyl (C=O) groups excluding carboxylic acids is 2. The van der Waals surface area contributed by atoms with Crippen molar-refractivity contribution in [2.45, 2.75) is 38.3 Å². The summed E-state index contributed by atoms with van der Waals surface area (Å²) in [5.41, 5.74) is 0.985. The first kappa shape index (κ1) is 22.9. The lowest BCUT2D eigenvalue weighted by atomic mass is 10.1. The maximum absolute atomic E-state index is 13.2. The molecule has 2 aliphatic rings. The minimum atomic E-state index is -4.50. The van der Waals surface area contributed by atoms with E-state index in [-0.39, 0.29) is 11.6 Å². The second-order valence-corrected chi connectivity index (χ2v) is 8.44. The zero-order valence-corrected chi connectivity index (χ0v) is 18.3. The molecule has 6 nitrogen and oxygen atoms in total. The molecule has 176 valence electrons. The van der Waals surface area contributed by atoms with E-state index in [1.807, 2.05) is 11.0 Å². The summed E-state index contributed by atoms with van der Waals surface area (Å²) in [5, 5.41) is 5.07. The number of benzene rings is 2. The Bertz CT molecular complexity index is 1010. The van der Waals surface area contributed by atoms with Crippen molar-refractivity contribution in [3.05, 3.63) is 53.6 Å². The number of hydrogen-bond acceptors (Lipinski definition) is 3. The molecule has 0 radical (unpaired) electrons. The zero-order chi connectivity index (χ0) is 23.4. The Kier molecular flexibility index (Phi) is 6.76. The molecule has 33 heavy (non-hydrogen) atoms. The van der Waals surface area contributed by atoms with Gasteiger partial charge in [0.1, 0.15) is 0 Å². The van der Waals surface area contributed by atoms with Crippen molar-refractivity contribution in [2.75, 3.05) is 41.7 Å². The second kappa shape index (κ2) is 9.72. The molecule has 2 heterocycles. The molecule has 0 spiro atoms. The monoisotopic (exact) mass is 460 g/mol. The van der Waals surface area contributed by atoms with Crippen molar-refractivity contribution in [2.24, 2.45) is 0 Å². The van der Waals surface area contributed by atoms with Crippen molar-refractivity contribution in [1.29, 1.82) is 0 Å². The molecule has 3 amide bonds. The Balaban J connectivity index is 1.53. The van der Waals surface area contributed by atoms with Gasteiger partial charge >= 0.3 is 12.2 Å². The van der Waals surface area contributed by atoms with Gasteiger partial charge in [0.2, 0.25) is 0 Å². The fraction of sp³-hybridized carbons (Fsp3) is 0.417. The van der Waals surface area contributed by atoms with Gasteiger partial charge in [0, 0.05) is 43.2 Å². The summed E-state index contributed by atoms with van der Waals surface area (Å²) in [4.78, 5) is 29.7. The van der Waals surface area contributed by atoms with Gasteiger partial charge in [-0.05, 0) is 68.5 Å². The minimum absolute atomic E-state index is 0.0284. The SMILES string of the molecule is O=C(Nc1cccc(C(F)(F)F)c1)Nc1ccc(N2CCCCC2)c(C(=O)N2CCCC2)c1. The average Bonchev–Trinajstić information content (AvgIpc) is 3.34. The first-order chi connectivity index (χ1) is 15.8. The highest BCUT2D eigenvalue weighted by molar-refractivity contribution is 6.04. The molecular formula is C24H27F3N4O2. The van der Waals surface area contributed by atoms with E-state index >= 15 is 0 Å².